The topological polar surface area (TPSA) is 106 Å². The Bertz CT molecular complexity index is 1210. The first-order valence-corrected chi connectivity index (χ1v) is 14.0. The fourth-order valence-corrected chi connectivity index (χ4v) is 4.50. The average molecular weight is 537 g/mol. The monoisotopic (exact) mass is 536 g/mol. The first-order valence-electron chi connectivity index (χ1n) is 14.0. The van der Waals surface area contributed by atoms with E-state index in [-0.39, 0.29) is 17.9 Å². The van der Waals surface area contributed by atoms with Crippen molar-refractivity contribution < 1.29 is 19.1 Å². The Hall–Kier alpha value is -3.26. The lowest BCUT2D eigenvalue weighted by Crippen LogP contribution is -2.48. The molecule has 2 N–H and O–H groups in total. The van der Waals surface area contributed by atoms with Gasteiger partial charge in [-0.25, -0.2) is 9.78 Å². The molecule has 8 nitrogen and oxygen atoms in total. The number of fused-ring (bicyclic) bond motifs is 1. The van der Waals surface area contributed by atoms with Crippen molar-refractivity contribution in [1.82, 2.24) is 20.3 Å². The van der Waals surface area contributed by atoms with Crippen LogP contribution in [0.4, 0.5) is 0 Å². The zero-order chi connectivity index (χ0) is 28.4. The molecule has 0 radical (unpaired) electrons. The zero-order valence-electron chi connectivity index (χ0n) is 24.3. The Morgan fingerprint density at radius 1 is 1.10 bits per heavy atom. The van der Waals surface area contributed by atoms with E-state index >= 15 is 0 Å². The molecular weight excluding hydrogens is 492 g/mol. The molecule has 0 aliphatic carbocycles. The highest BCUT2D eigenvalue weighted by atomic mass is 16.5. The molecule has 0 aliphatic rings. The van der Waals surface area contributed by atoms with E-state index < -0.39 is 17.4 Å². The highest BCUT2D eigenvalue weighted by molar-refractivity contribution is 5.87. The maximum atomic E-state index is 13.3. The van der Waals surface area contributed by atoms with Crippen LogP contribution in [0.15, 0.2) is 42.6 Å². The van der Waals surface area contributed by atoms with Crippen LogP contribution in [0.1, 0.15) is 77.4 Å². The van der Waals surface area contributed by atoms with Crippen LogP contribution in [0.5, 0.6) is 0 Å². The normalized spacial score (nSPS) is 13.4. The SMILES string of the molecule is Cc1nc2c(CCCC(C)(C)C(=O)N[C@@H](CC(C)C)C(=O)OC(C)CCOCc3ccccc3)nccc2[nH]1. The third kappa shape index (κ3) is 9.46. The highest BCUT2D eigenvalue weighted by Crippen LogP contribution is 2.26. The predicted octanol–water partition coefficient (Wildman–Crippen LogP) is 5.68. The third-order valence-electron chi connectivity index (χ3n) is 6.82. The molecule has 1 unspecified atom stereocenters. The van der Waals surface area contributed by atoms with Gasteiger partial charge in [0.25, 0.3) is 0 Å². The number of aryl methyl sites for hydroxylation is 2. The minimum atomic E-state index is -0.688. The van der Waals surface area contributed by atoms with E-state index in [1.807, 2.05) is 77.9 Å². The standard InChI is InChI=1S/C31H44N4O4/c1-21(2)19-27(29(36)39-22(3)15-18-38-20-24-11-8-7-9-12-24)35-30(37)31(5,6)16-10-13-25-28-26(14-17-32-25)33-23(4)34-28/h7-9,11-12,14,17,21-22,27H,10,13,15-16,18-20H2,1-6H3,(H,33,34)(H,35,37)/t22?,27-/m0/s1. The molecule has 212 valence electrons. The van der Waals surface area contributed by atoms with Crippen molar-refractivity contribution in [2.45, 2.75) is 92.4 Å². The summed E-state index contributed by atoms with van der Waals surface area (Å²) < 4.78 is 11.4. The summed E-state index contributed by atoms with van der Waals surface area (Å²) in [7, 11) is 0. The molecule has 3 aromatic rings. The van der Waals surface area contributed by atoms with E-state index in [0.29, 0.717) is 32.5 Å². The Morgan fingerprint density at radius 2 is 1.85 bits per heavy atom. The largest absolute Gasteiger partial charge is 0.461 e. The predicted molar refractivity (Wildman–Crippen MR) is 153 cm³/mol. The number of esters is 1. The molecule has 0 aliphatic heterocycles. The van der Waals surface area contributed by atoms with Crippen LogP contribution in [-0.2, 0) is 32.1 Å². The van der Waals surface area contributed by atoms with Crippen LogP contribution >= 0.6 is 0 Å². The molecule has 2 atom stereocenters. The minimum Gasteiger partial charge on any atom is -0.461 e. The summed E-state index contributed by atoms with van der Waals surface area (Å²) >= 11 is 0. The minimum absolute atomic E-state index is 0.147. The van der Waals surface area contributed by atoms with Gasteiger partial charge >= 0.3 is 5.97 Å². The van der Waals surface area contributed by atoms with Gasteiger partial charge in [-0.05, 0) is 57.1 Å². The second kappa shape index (κ2) is 14.2. The van der Waals surface area contributed by atoms with Crippen LogP contribution < -0.4 is 5.32 Å². The number of ether oxygens (including phenoxy) is 2. The lowest BCUT2D eigenvalue weighted by Gasteiger charge is -2.28. The average Bonchev–Trinajstić information content (AvgIpc) is 3.27. The van der Waals surface area contributed by atoms with Crippen LogP contribution in [0, 0.1) is 18.3 Å². The summed E-state index contributed by atoms with van der Waals surface area (Å²) in [6.45, 7) is 12.7. The fraction of sp³-hybridized carbons (Fsp3) is 0.548. The maximum absolute atomic E-state index is 13.3. The fourth-order valence-electron chi connectivity index (χ4n) is 4.50. The van der Waals surface area contributed by atoms with E-state index in [4.69, 9.17) is 9.47 Å². The Labute approximate surface area is 232 Å². The van der Waals surface area contributed by atoms with Crippen LogP contribution in [-0.4, -0.2) is 45.6 Å². The van der Waals surface area contributed by atoms with Crippen molar-refractivity contribution in [2.75, 3.05) is 6.61 Å². The molecule has 3 rings (SSSR count). The van der Waals surface area contributed by atoms with Gasteiger partial charge in [0, 0.05) is 18.0 Å². The number of hydrogen-bond acceptors (Lipinski definition) is 6. The maximum Gasteiger partial charge on any atom is 0.328 e. The number of amides is 1. The molecular formula is C31H44N4O4. The van der Waals surface area contributed by atoms with Gasteiger partial charge in [-0.3, -0.25) is 9.78 Å². The molecule has 8 heteroatoms. The summed E-state index contributed by atoms with van der Waals surface area (Å²) in [5, 5.41) is 2.99. The molecule has 2 aromatic heterocycles. The summed E-state index contributed by atoms with van der Waals surface area (Å²) in [6, 6.07) is 11.2. The molecule has 0 spiro atoms. The van der Waals surface area contributed by atoms with Crippen LogP contribution in [0.25, 0.3) is 11.0 Å². The number of aromatic amines is 1. The smallest absolute Gasteiger partial charge is 0.328 e. The number of benzene rings is 1. The van der Waals surface area contributed by atoms with E-state index in [0.717, 1.165) is 41.0 Å². The molecule has 2 heterocycles. The van der Waals surface area contributed by atoms with Gasteiger partial charge in [-0.15, -0.1) is 0 Å². The van der Waals surface area contributed by atoms with Gasteiger partial charge in [0.05, 0.1) is 24.4 Å². The van der Waals surface area contributed by atoms with E-state index in [9.17, 15) is 9.59 Å². The highest BCUT2D eigenvalue weighted by Gasteiger charge is 2.32. The lowest BCUT2D eigenvalue weighted by atomic mass is 9.85. The van der Waals surface area contributed by atoms with Crippen molar-refractivity contribution in [3.8, 4) is 0 Å². The third-order valence-corrected chi connectivity index (χ3v) is 6.82. The zero-order valence-corrected chi connectivity index (χ0v) is 24.3. The number of nitrogens with one attached hydrogen (secondary N) is 2. The number of carbonyl (C=O) groups is 2. The van der Waals surface area contributed by atoms with E-state index in [1.165, 1.54) is 0 Å². The van der Waals surface area contributed by atoms with Gasteiger partial charge in [0.1, 0.15) is 23.5 Å². The number of pyridine rings is 1. The molecule has 39 heavy (non-hydrogen) atoms. The second-order valence-electron chi connectivity index (χ2n) is 11.4. The molecule has 0 bridgehead atoms. The number of carbonyl (C=O) groups excluding carboxylic acids is 2. The number of hydrogen-bond donors (Lipinski definition) is 2. The summed E-state index contributed by atoms with van der Waals surface area (Å²) in [4.78, 5) is 38.6. The quantitative estimate of drug-likeness (QED) is 0.191. The van der Waals surface area contributed by atoms with Crippen molar-refractivity contribution in [2.24, 2.45) is 11.3 Å². The van der Waals surface area contributed by atoms with Gasteiger partial charge in [-0.1, -0.05) is 58.0 Å². The second-order valence-corrected chi connectivity index (χ2v) is 11.4. The van der Waals surface area contributed by atoms with Crippen molar-refractivity contribution >= 4 is 22.9 Å². The van der Waals surface area contributed by atoms with Crippen LogP contribution in [0.2, 0.25) is 0 Å². The van der Waals surface area contributed by atoms with Crippen molar-refractivity contribution in [1.29, 1.82) is 0 Å². The summed E-state index contributed by atoms with van der Waals surface area (Å²) in [5.41, 5.74) is 3.24. The lowest BCUT2D eigenvalue weighted by molar-refractivity contribution is -0.154. The number of nitrogens with zero attached hydrogens (tertiary/aromatic N) is 2. The van der Waals surface area contributed by atoms with Gasteiger partial charge in [0.2, 0.25) is 5.91 Å². The molecule has 0 saturated carbocycles. The van der Waals surface area contributed by atoms with Crippen LogP contribution in [0.3, 0.4) is 0 Å². The Balaban J connectivity index is 1.48. The van der Waals surface area contributed by atoms with Gasteiger partial charge in [-0.2, -0.15) is 0 Å². The van der Waals surface area contributed by atoms with E-state index in [1.54, 1.807) is 6.20 Å². The molecule has 0 fully saturated rings. The van der Waals surface area contributed by atoms with Crippen molar-refractivity contribution in [3.63, 3.8) is 0 Å². The number of aromatic nitrogens is 3. The molecule has 1 amide bonds. The van der Waals surface area contributed by atoms with Crippen molar-refractivity contribution in [3.05, 3.63) is 59.7 Å². The first-order chi connectivity index (χ1) is 18.5. The molecule has 0 saturated heterocycles. The number of H-pyrrole nitrogens is 1. The number of rotatable bonds is 15. The Kier molecular flexibility index (Phi) is 11.0. The summed E-state index contributed by atoms with van der Waals surface area (Å²) in [6.07, 6.45) is 4.72. The number of imidazole rings is 1. The van der Waals surface area contributed by atoms with Gasteiger partial charge < -0.3 is 19.8 Å². The summed E-state index contributed by atoms with van der Waals surface area (Å²) in [5.74, 6) is 0.536. The van der Waals surface area contributed by atoms with E-state index in [2.05, 4.69) is 20.3 Å². The Morgan fingerprint density at radius 3 is 2.56 bits per heavy atom. The first kappa shape index (κ1) is 30.3. The molecule has 1 aromatic carbocycles. The van der Waals surface area contributed by atoms with Gasteiger partial charge in [0.15, 0.2) is 0 Å².